The number of carboxylic acid groups (broad SMARTS) is 1. The summed E-state index contributed by atoms with van der Waals surface area (Å²) in [4.78, 5) is 22.1. The predicted molar refractivity (Wildman–Crippen MR) is 75.7 cm³/mol. The molecule has 1 aromatic rings. The largest absolute Gasteiger partial charge is 0.481 e. The molecule has 2 amide bonds. The number of nitrogens with one attached hydrogen (secondary N) is 2. The Morgan fingerprint density at radius 1 is 1.25 bits per heavy atom. The van der Waals surface area contributed by atoms with E-state index in [4.69, 9.17) is 5.11 Å². The van der Waals surface area contributed by atoms with Crippen LogP contribution in [0.1, 0.15) is 25.8 Å². The number of hydrogen-bond donors (Lipinski definition) is 4. The van der Waals surface area contributed by atoms with E-state index in [9.17, 15) is 14.7 Å². The second kappa shape index (κ2) is 6.91. The normalized spacial score (nSPS) is 13.3. The Hall–Kier alpha value is -2.08. The summed E-state index contributed by atoms with van der Waals surface area (Å²) in [6, 6.07) is 6.91. The molecule has 0 aliphatic heterocycles. The fourth-order valence-corrected chi connectivity index (χ4v) is 1.66. The van der Waals surface area contributed by atoms with Crippen molar-refractivity contribution in [2.45, 2.75) is 32.3 Å². The lowest BCUT2D eigenvalue weighted by atomic mass is 10.0. The fraction of sp³-hybridized carbons (Fsp3) is 0.429. The van der Waals surface area contributed by atoms with Crippen molar-refractivity contribution in [1.82, 2.24) is 5.32 Å². The molecule has 0 radical (unpaired) electrons. The van der Waals surface area contributed by atoms with Gasteiger partial charge in [-0.3, -0.25) is 4.79 Å². The molecule has 6 nitrogen and oxygen atoms in total. The maximum atomic E-state index is 11.6. The van der Waals surface area contributed by atoms with Crippen molar-refractivity contribution in [2.75, 3.05) is 11.9 Å². The summed E-state index contributed by atoms with van der Waals surface area (Å²) < 4.78 is 0. The maximum absolute atomic E-state index is 11.6. The topological polar surface area (TPSA) is 98.7 Å². The molecule has 0 fully saturated rings. The Morgan fingerprint density at radius 3 is 2.35 bits per heavy atom. The van der Waals surface area contributed by atoms with Crippen molar-refractivity contribution >= 4 is 17.7 Å². The van der Waals surface area contributed by atoms with Gasteiger partial charge >= 0.3 is 12.0 Å². The van der Waals surface area contributed by atoms with E-state index in [0.29, 0.717) is 5.69 Å². The van der Waals surface area contributed by atoms with Crippen LogP contribution in [0.15, 0.2) is 24.3 Å². The molecule has 20 heavy (non-hydrogen) atoms. The quantitative estimate of drug-likeness (QED) is 0.636. The highest BCUT2D eigenvalue weighted by Crippen LogP contribution is 2.10. The Morgan fingerprint density at radius 2 is 1.85 bits per heavy atom. The van der Waals surface area contributed by atoms with E-state index >= 15 is 0 Å². The second-order valence-corrected chi connectivity index (χ2v) is 4.93. The van der Waals surface area contributed by atoms with Crippen LogP contribution in [0.25, 0.3) is 0 Å². The molecular weight excluding hydrogens is 260 g/mol. The number of rotatable bonds is 6. The summed E-state index contributed by atoms with van der Waals surface area (Å²) in [6.07, 6.45) is 0.489. The molecule has 110 valence electrons. The van der Waals surface area contributed by atoms with E-state index in [-0.39, 0.29) is 6.54 Å². The van der Waals surface area contributed by atoms with Gasteiger partial charge in [-0.2, -0.15) is 0 Å². The third-order valence-corrected chi connectivity index (χ3v) is 2.78. The molecule has 6 heteroatoms. The molecule has 0 spiro atoms. The maximum Gasteiger partial charge on any atom is 0.319 e. The van der Waals surface area contributed by atoms with Gasteiger partial charge in [-0.05, 0) is 31.0 Å². The van der Waals surface area contributed by atoms with Crippen molar-refractivity contribution in [3.63, 3.8) is 0 Å². The first-order valence-corrected chi connectivity index (χ1v) is 6.40. The minimum atomic E-state index is -1.48. The monoisotopic (exact) mass is 280 g/mol. The zero-order chi connectivity index (χ0) is 15.2. The summed E-state index contributed by atoms with van der Waals surface area (Å²) in [5, 5.41) is 23.4. The van der Waals surface area contributed by atoms with Crippen LogP contribution in [0, 0.1) is 0 Å². The third-order valence-electron chi connectivity index (χ3n) is 2.78. The van der Waals surface area contributed by atoms with Crippen LogP contribution in [0.3, 0.4) is 0 Å². The van der Waals surface area contributed by atoms with Crippen LogP contribution in [0.5, 0.6) is 0 Å². The van der Waals surface area contributed by atoms with Crippen molar-refractivity contribution < 1.29 is 19.8 Å². The number of carbonyl (C=O) groups is 2. The molecule has 0 aliphatic rings. The number of carbonyl (C=O) groups excluding carboxylic acids is 1. The predicted octanol–water partition coefficient (Wildman–Crippen LogP) is 1.60. The highest BCUT2D eigenvalue weighted by Gasteiger charge is 2.24. The van der Waals surface area contributed by atoms with Gasteiger partial charge in [-0.15, -0.1) is 0 Å². The average Bonchev–Trinajstić information content (AvgIpc) is 2.36. The van der Waals surface area contributed by atoms with E-state index in [1.807, 2.05) is 19.1 Å². The molecule has 0 aliphatic carbocycles. The zero-order valence-electron chi connectivity index (χ0n) is 11.6. The average molecular weight is 280 g/mol. The lowest BCUT2D eigenvalue weighted by molar-refractivity contribution is -0.141. The summed E-state index contributed by atoms with van der Waals surface area (Å²) >= 11 is 0. The molecule has 0 aromatic heterocycles. The van der Waals surface area contributed by atoms with Gasteiger partial charge in [0.25, 0.3) is 0 Å². The van der Waals surface area contributed by atoms with E-state index < -0.39 is 24.0 Å². The van der Waals surface area contributed by atoms with E-state index in [1.165, 1.54) is 12.5 Å². The number of carboxylic acids is 1. The first kappa shape index (κ1) is 16.0. The molecule has 1 atom stereocenters. The van der Waals surface area contributed by atoms with Crippen LogP contribution < -0.4 is 10.6 Å². The SMILES string of the molecule is CCc1ccc(NC(=O)NCC(C)(O)CC(=O)O)cc1. The number of urea groups is 1. The highest BCUT2D eigenvalue weighted by atomic mass is 16.4. The summed E-state index contributed by atoms with van der Waals surface area (Å²) in [7, 11) is 0. The molecule has 0 bridgehead atoms. The lowest BCUT2D eigenvalue weighted by Crippen LogP contribution is -2.43. The molecule has 0 heterocycles. The number of benzene rings is 1. The van der Waals surface area contributed by atoms with Gasteiger partial charge in [0.15, 0.2) is 0 Å². The van der Waals surface area contributed by atoms with E-state index in [0.717, 1.165) is 6.42 Å². The number of anilines is 1. The first-order chi connectivity index (χ1) is 9.32. The minimum Gasteiger partial charge on any atom is -0.481 e. The fourth-order valence-electron chi connectivity index (χ4n) is 1.66. The van der Waals surface area contributed by atoms with Gasteiger partial charge in [0, 0.05) is 12.2 Å². The molecule has 0 saturated carbocycles. The summed E-state index contributed by atoms with van der Waals surface area (Å²) in [5.74, 6) is -1.12. The van der Waals surface area contributed by atoms with Crippen LogP contribution in [0.4, 0.5) is 10.5 Å². The Kier molecular flexibility index (Phi) is 5.52. The van der Waals surface area contributed by atoms with Crippen molar-refractivity contribution in [1.29, 1.82) is 0 Å². The number of aliphatic carboxylic acids is 1. The molecule has 1 aromatic carbocycles. The smallest absolute Gasteiger partial charge is 0.319 e. The first-order valence-electron chi connectivity index (χ1n) is 6.40. The standard InChI is InChI=1S/C14H20N2O4/c1-3-10-4-6-11(7-5-10)16-13(19)15-9-14(2,20)8-12(17)18/h4-7,20H,3,8-9H2,1-2H3,(H,17,18)(H2,15,16,19). The Bertz CT molecular complexity index is 469. The molecular formula is C14H20N2O4. The second-order valence-electron chi connectivity index (χ2n) is 4.93. The van der Waals surface area contributed by atoms with E-state index in [2.05, 4.69) is 10.6 Å². The number of aryl methyl sites for hydroxylation is 1. The van der Waals surface area contributed by atoms with Gasteiger partial charge in [-0.25, -0.2) is 4.79 Å². The highest BCUT2D eigenvalue weighted by molar-refractivity contribution is 5.89. The minimum absolute atomic E-state index is 0.141. The zero-order valence-corrected chi connectivity index (χ0v) is 11.6. The summed E-state index contributed by atoms with van der Waals surface area (Å²) in [5.41, 5.74) is 0.327. The van der Waals surface area contributed by atoms with Gasteiger partial charge in [-0.1, -0.05) is 19.1 Å². The number of amides is 2. The molecule has 1 rings (SSSR count). The van der Waals surface area contributed by atoms with Gasteiger partial charge in [0.05, 0.1) is 12.0 Å². The lowest BCUT2D eigenvalue weighted by Gasteiger charge is -2.21. The number of hydrogen-bond acceptors (Lipinski definition) is 3. The molecule has 4 N–H and O–H groups in total. The number of aliphatic hydroxyl groups is 1. The summed E-state index contributed by atoms with van der Waals surface area (Å²) in [6.45, 7) is 3.26. The van der Waals surface area contributed by atoms with Crippen molar-refractivity contribution in [3.8, 4) is 0 Å². The van der Waals surface area contributed by atoms with Crippen LogP contribution in [-0.2, 0) is 11.2 Å². The van der Waals surface area contributed by atoms with Gasteiger partial charge < -0.3 is 20.8 Å². The van der Waals surface area contributed by atoms with Crippen LogP contribution in [0.2, 0.25) is 0 Å². The van der Waals surface area contributed by atoms with E-state index in [1.54, 1.807) is 12.1 Å². The third kappa shape index (κ3) is 5.71. The van der Waals surface area contributed by atoms with Crippen molar-refractivity contribution in [3.05, 3.63) is 29.8 Å². The van der Waals surface area contributed by atoms with Crippen molar-refractivity contribution in [2.24, 2.45) is 0 Å². The van der Waals surface area contributed by atoms with Crippen LogP contribution >= 0.6 is 0 Å². The Labute approximate surface area is 117 Å². The van der Waals surface area contributed by atoms with Crippen LogP contribution in [-0.4, -0.2) is 34.4 Å². The van der Waals surface area contributed by atoms with Gasteiger partial charge in [0.2, 0.25) is 0 Å². The molecule has 0 saturated heterocycles. The molecule has 1 unspecified atom stereocenters. The van der Waals surface area contributed by atoms with Gasteiger partial charge in [0.1, 0.15) is 0 Å². The Balaban J connectivity index is 2.45.